The van der Waals surface area contributed by atoms with Crippen LogP contribution in [0.5, 0.6) is 0 Å². The van der Waals surface area contributed by atoms with Gasteiger partial charge in [-0.25, -0.2) is 4.98 Å². The number of nitrogens with zero attached hydrogens (tertiary/aromatic N) is 1. The normalized spacial score (nSPS) is 15.5. The maximum Gasteiger partial charge on any atom is 0.310 e. The first-order valence-corrected chi connectivity index (χ1v) is 8.74. The third-order valence-corrected chi connectivity index (χ3v) is 5.01. The van der Waals surface area contributed by atoms with Crippen LogP contribution in [-0.4, -0.2) is 4.98 Å². The van der Waals surface area contributed by atoms with Crippen LogP contribution in [0, 0.1) is 0 Å². The Morgan fingerprint density at radius 1 is 0.955 bits per heavy atom. The Balaban J connectivity index is 2.16. The number of anilines is 1. The van der Waals surface area contributed by atoms with Crippen LogP contribution in [0.25, 0.3) is 21.3 Å². The second-order valence-electron chi connectivity index (χ2n) is 4.76. The number of rotatable bonds is 2. The van der Waals surface area contributed by atoms with Gasteiger partial charge < -0.3 is 5.73 Å². The van der Waals surface area contributed by atoms with E-state index in [1.165, 1.54) is 11.3 Å². The molecule has 1 aromatic heterocycles. The molecule has 0 unspecified atom stereocenters. The summed E-state index contributed by atoms with van der Waals surface area (Å²) in [6.45, 7) is 0. The van der Waals surface area contributed by atoms with Crippen LogP contribution in [0.2, 0.25) is 0 Å². The van der Waals surface area contributed by atoms with Crippen LogP contribution >= 0.6 is 21.6 Å². The van der Waals surface area contributed by atoms with Crippen molar-refractivity contribution in [3.05, 3.63) is 41.9 Å². The zero-order valence-electron chi connectivity index (χ0n) is 10.8. The Labute approximate surface area is 126 Å². The first-order chi connectivity index (χ1) is 9.94. The Hall–Kier alpha value is -1.87. The van der Waals surface area contributed by atoms with E-state index in [0.717, 1.165) is 16.8 Å². The topological polar surface area (TPSA) is 38.9 Å². The van der Waals surface area contributed by atoms with Crippen molar-refractivity contribution in [2.75, 3.05) is 5.73 Å². The Kier molecular flexibility index (Phi) is 2.67. The molecule has 0 aliphatic carbocycles. The first kappa shape index (κ1) is 15.0. The summed E-state index contributed by atoms with van der Waals surface area (Å²) < 4.78 is 64.4. The van der Waals surface area contributed by atoms with Crippen molar-refractivity contribution >= 4 is 37.5 Å². The lowest BCUT2D eigenvalue weighted by Crippen LogP contribution is -2.05. The zero-order chi connectivity index (χ0) is 16.2. The fourth-order valence-corrected chi connectivity index (χ4v) is 3.50. The molecule has 3 rings (SSSR count). The molecule has 0 aliphatic rings. The van der Waals surface area contributed by atoms with Gasteiger partial charge in [-0.05, 0) is 29.8 Å². The average Bonchev–Trinajstić information content (AvgIpc) is 2.83. The van der Waals surface area contributed by atoms with Crippen molar-refractivity contribution in [1.29, 1.82) is 0 Å². The van der Waals surface area contributed by atoms with Crippen molar-refractivity contribution in [1.82, 2.24) is 4.98 Å². The van der Waals surface area contributed by atoms with Gasteiger partial charge in [-0.1, -0.05) is 31.6 Å². The number of benzene rings is 2. The van der Waals surface area contributed by atoms with Crippen LogP contribution < -0.4 is 5.73 Å². The van der Waals surface area contributed by atoms with E-state index in [9.17, 15) is 19.4 Å². The number of aromatic nitrogens is 1. The van der Waals surface area contributed by atoms with Gasteiger partial charge in [0.15, 0.2) is 0 Å². The van der Waals surface area contributed by atoms with Gasteiger partial charge in [-0.15, -0.1) is 11.3 Å². The van der Waals surface area contributed by atoms with Crippen LogP contribution in [0.1, 0.15) is 0 Å². The standard InChI is InChI=1S/C13H9F5N2S2/c14-22(15,16,17,18)10-3-1-8(2-4-10)11-5-9(19)6-12-13(11)20-7-21-12/h1-7H,19H2. The predicted molar refractivity (Wildman–Crippen MR) is 80.9 cm³/mol. The number of halogens is 5. The van der Waals surface area contributed by atoms with Crippen LogP contribution in [0.3, 0.4) is 0 Å². The van der Waals surface area contributed by atoms with Crippen molar-refractivity contribution in [2.45, 2.75) is 4.90 Å². The van der Waals surface area contributed by atoms with E-state index in [-0.39, 0.29) is 0 Å². The van der Waals surface area contributed by atoms with Gasteiger partial charge in [-0.3, -0.25) is 0 Å². The molecule has 1 heterocycles. The lowest BCUT2D eigenvalue weighted by atomic mass is 10.0. The Morgan fingerprint density at radius 3 is 2.18 bits per heavy atom. The van der Waals surface area contributed by atoms with Gasteiger partial charge in [-0.2, -0.15) is 0 Å². The third-order valence-electron chi connectivity index (χ3n) is 3.07. The molecule has 0 saturated heterocycles. The minimum Gasteiger partial charge on any atom is -0.399 e. The Morgan fingerprint density at radius 2 is 1.59 bits per heavy atom. The minimum atomic E-state index is -9.65. The van der Waals surface area contributed by atoms with Crippen molar-refractivity contribution in [2.24, 2.45) is 0 Å². The van der Waals surface area contributed by atoms with E-state index in [1.54, 1.807) is 17.6 Å². The van der Waals surface area contributed by atoms with E-state index in [0.29, 0.717) is 34.5 Å². The second kappa shape index (κ2) is 3.90. The highest BCUT2D eigenvalue weighted by molar-refractivity contribution is 8.45. The molecular formula is C13H9F5N2S2. The predicted octanol–water partition coefficient (Wildman–Crippen LogP) is 6.20. The number of fused-ring (bicyclic) bond motifs is 1. The molecule has 2 aromatic carbocycles. The van der Waals surface area contributed by atoms with E-state index >= 15 is 0 Å². The van der Waals surface area contributed by atoms with Crippen LogP contribution in [0.4, 0.5) is 25.1 Å². The molecule has 0 atom stereocenters. The molecule has 0 radical (unpaired) electrons. The molecule has 0 bridgehead atoms. The van der Waals surface area contributed by atoms with Gasteiger partial charge in [0.05, 0.1) is 15.7 Å². The van der Waals surface area contributed by atoms with E-state index < -0.39 is 15.1 Å². The molecular weight excluding hydrogens is 343 g/mol. The summed E-state index contributed by atoms with van der Waals surface area (Å²) in [5, 5.41) is 0. The molecule has 0 amide bonds. The molecule has 22 heavy (non-hydrogen) atoms. The highest BCUT2D eigenvalue weighted by Crippen LogP contribution is 3.02. The molecule has 118 valence electrons. The van der Waals surface area contributed by atoms with E-state index in [4.69, 9.17) is 5.73 Å². The molecule has 0 aliphatic heterocycles. The third kappa shape index (κ3) is 2.73. The molecule has 9 heteroatoms. The number of nitrogen functional groups attached to an aromatic ring is 1. The van der Waals surface area contributed by atoms with E-state index in [2.05, 4.69) is 4.98 Å². The largest absolute Gasteiger partial charge is 0.399 e. The highest BCUT2D eigenvalue weighted by Gasteiger charge is 2.65. The van der Waals surface area contributed by atoms with Gasteiger partial charge in [0.1, 0.15) is 4.90 Å². The van der Waals surface area contributed by atoms with Crippen LogP contribution in [-0.2, 0) is 0 Å². The summed E-state index contributed by atoms with van der Waals surface area (Å²) >= 11 is 1.33. The van der Waals surface area contributed by atoms with Crippen molar-refractivity contribution in [3.8, 4) is 11.1 Å². The average molecular weight is 352 g/mol. The van der Waals surface area contributed by atoms with Gasteiger partial charge in [0, 0.05) is 11.3 Å². The molecule has 0 saturated carbocycles. The molecule has 0 spiro atoms. The zero-order valence-corrected chi connectivity index (χ0v) is 12.4. The SMILES string of the molecule is Nc1cc(-c2ccc(S(F)(F)(F)(F)F)cc2)c2ncsc2c1. The monoisotopic (exact) mass is 352 g/mol. The van der Waals surface area contributed by atoms with Crippen molar-refractivity contribution < 1.29 is 19.4 Å². The minimum absolute atomic E-state index is 0.341. The van der Waals surface area contributed by atoms with E-state index in [1.807, 2.05) is 0 Å². The van der Waals surface area contributed by atoms with Crippen molar-refractivity contribution in [3.63, 3.8) is 0 Å². The fraction of sp³-hybridized carbons (Fsp3) is 0. The summed E-state index contributed by atoms with van der Waals surface area (Å²) in [6, 6.07) is 6.02. The quantitative estimate of drug-likeness (QED) is 0.440. The Bertz CT molecular complexity index is 870. The molecule has 2 nitrogen and oxygen atoms in total. The number of thiazole rings is 1. The van der Waals surface area contributed by atoms with Gasteiger partial charge in [0.25, 0.3) is 0 Å². The number of hydrogen-bond donors (Lipinski definition) is 1. The molecule has 2 N–H and O–H groups in total. The summed E-state index contributed by atoms with van der Waals surface area (Å²) in [7, 11) is -9.65. The first-order valence-electron chi connectivity index (χ1n) is 5.91. The summed E-state index contributed by atoms with van der Waals surface area (Å²) in [6.07, 6.45) is 0. The maximum absolute atomic E-state index is 12.7. The molecule has 3 aromatic rings. The van der Waals surface area contributed by atoms with Gasteiger partial charge in [0.2, 0.25) is 0 Å². The summed E-state index contributed by atoms with van der Waals surface area (Å²) in [5.74, 6) is 0. The second-order valence-corrected chi connectivity index (χ2v) is 8.06. The number of hydrogen-bond acceptors (Lipinski definition) is 3. The molecule has 0 fully saturated rings. The van der Waals surface area contributed by atoms with Gasteiger partial charge >= 0.3 is 10.2 Å². The fourth-order valence-electron chi connectivity index (χ4n) is 2.10. The number of nitrogens with two attached hydrogens (primary N) is 1. The summed E-state index contributed by atoms with van der Waals surface area (Å²) in [5.41, 5.74) is 9.16. The highest BCUT2D eigenvalue weighted by atomic mass is 32.5. The van der Waals surface area contributed by atoms with Crippen LogP contribution in [0.15, 0.2) is 46.8 Å². The smallest absolute Gasteiger partial charge is 0.310 e. The lowest BCUT2D eigenvalue weighted by Gasteiger charge is -2.40. The summed E-state index contributed by atoms with van der Waals surface area (Å²) in [4.78, 5) is 2.22. The lowest BCUT2D eigenvalue weighted by molar-refractivity contribution is 0.364. The maximum atomic E-state index is 12.7.